The highest BCUT2D eigenvalue weighted by Crippen LogP contribution is 2.12. The highest BCUT2D eigenvalue weighted by molar-refractivity contribution is 5.95. The average molecular weight is 349 g/mol. The molecule has 8 heteroatoms. The van der Waals surface area contributed by atoms with Gasteiger partial charge in [0.2, 0.25) is 0 Å². The molecule has 8 nitrogen and oxygen atoms in total. The lowest BCUT2D eigenvalue weighted by Crippen LogP contribution is -2.42. The summed E-state index contributed by atoms with van der Waals surface area (Å²) in [5.74, 6) is -1.66. The number of esters is 2. The van der Waals surface area contributed by atoms with Gasteiger partial charge < -0.3 is 20.5 Å². The number of aromatic nitrogens is 1. The van der Waals surface area contributed by atoms with Crippen molar-refractivity contribution < 1.29 is 23.9 Å². The maximum atomic E-state index is 12.3. The Labute approximate surface area is 146 Å². The monoisotopic (exact) mass is 349 g/mol. The van der Waals surface area contributed by atoms with Gasteiger partial charge in [-0.1, -0.05) is 6.58 Å². The van der Waals surface area contributed by atoms with Crippen molar-refractivity contribution in [1.29, 1.82) is 0 Å². The zero-order valence-electron chi connectivity index (χ0n) is 14.4. The molecule has 0 radical (unpaired) electrons. The SMILES string of the molecule is C=Cc1nc(C(=O)NC(CCC(=O)OCC)C(=O)OCC)ccc1N. The Morgan fingerprint density at radius 2 is 1.96 bits per heavy atom. The second-order valence-electron chi connectivity index (χ2n) is 5.00. The summed E-state index contributed by atoms with van der Waals surface area (Å²) < 4.78 is 9.76. The molecule has 0 bridgehead atoms. The number of ether oxygens (including phenoxy) is 2. The third kappa shape index (κ3) is 6.25. The van der Waals surface area contributed by atoms with Crippen LogP contribution in [0.5, 0.6) is 0 Å². The molecule has 0 aromatic carbocycles. The van der Waals surface area contributed by atoms with Crippen molar-refractivity contribution in [2.24, 2.45) is 0 Å². The first kappa shape index (κ1) is 20.1. The van der Waals surface area contributed by atoms with E-state index in [2.05, 4.69) is 16.9 Å². The normalized spacial score (nSPS) is 11.3. The summed E-state index contributed by atoms with van der Waals surface area (Å²) in [6.07, 6.45) is 1.47. The van der Waals surface area contributed by atoms with Gasteiger partial charge in [0, 0.05) is 6.42 Å². The predicted octanol–water partition coefficient (Wildman–Crippen LogP) is 1.31. The van der Waals surface area contributed by atoms with Gasteiger partial charge in [0.1, 0.15) is 11.7 Å². The van der Waals surface area contributed by atoms with E-state index in [4.69, 9.17) is 15.2 Å². The number of amides is 1. The molecular weight excluding hydrogens is 326 g/mol. The van der Waals surface area contributed by atoms with Gasteiger partial charge in [-0.05, 0) is 38.5 Å². The van der Waals surface area contributed by atoms with E-state index in [1.54, 1.807) is 13.8 Å². The van der Waals surface area contributed by atoms with E-state index < -0.39 is 23.9 Å². The molecule has 0 aliphatic heterocycles. The third-order valence-corrected chi connectivity index (χ3v) is 3.20. The molecule has 1 amide bonds. The number of rotatable bonds is 9. The molecule has 0 aliphatic carbocycles. The molecule has 1 aromatic heterocycles. The Kier molecular flexibility index (Phi) is 8.11. The largest absolute Gasteiger partial charge is 0.466 e. The second kappa shape index (κ2) is 10.1. The van der Waals surface area contributed by atoms with Crippen LogP contribution in [0.25, 0.3) is 6.08 Å². The molecule has 25 heavy (non-hydrogen) atoms. The molecule has 1 atom stereocenters. The molecule has 1 rings (SSSR count). The van der Waals surface area contributed by atoms with Crippen LogP contribution in [0.1, 0.15) is 42.9 Å². The summed E-state index contributed by atoms with van der Waals surface area (Å²) in [7, 11) is 0. The van der Waals surface area contributed by atoms with Crippen molar-refractivity contribution in [1.82, 2.24) is 10.3 Å². The van der Waals surface area contributed by atoms with Crippen LogP contribution in [0.2, 0.25) is 0 Å². The minimum absolute atomic E-state index is 0.0231. The van der Waals surface area contributed by atoms with Crippen LogP contribution in [-0.4, -0.2) is 42.1 Å². The van der Waals surface area contributed by atoms with Crippen LogP contribution in [0, 0.1) is 0 Å². The van der Waals surface area contributed by atoms with Gasteiger partial charge in [0.15, 0.2) is 0 Å². The van der Waals surface area contributed by atoms with E-state index in [-0.39, 0.29) is 31.7 Å². The zero-order chi connectivity index (χ0) is 18.8. The maximum absolute atomic E-state index is 12.3. The second-order valence-corrected chi connectivity index (χ2v) is 5.00. The fourth-order valence-electron chi connectivity index (χ4n) is 1.99. The average Bonchev–Trinajstić information content (AvgIpc) is 2.59. The van der Waals surface area contributed by atoms with E-state index in [0.29, 0.717) is 11.4 Å². The summed E-state index contributed by atoms with van der Waals surface area (Å²) in [6.45, 7) is 7.32. The minimum Gasteiger partial charge on any atom is -0.466 e. The van der Waals surface area contributed by atoms with E-state index >= 15 is 0 Å². The number of nitrogens with one attached hydrogen (secondary N) is 1. The number of hydrogen-bond donors (Lipinski definition) is 2. The van der Waals surface area contributed by atoms with Crippen molar-refractivity contribution in [2.75, 3.05) is 18.9 Å². The Morgan fingerprint density at radius 3 is 2.56 bits per heavy atom. The number of nitrogen functional groups attached to an aromatic ring is 1. The highest BCUT2D eigenvalue weighted by Gasteiger charge is 2.24. The summed E-state index contributed by atoms with van der Waals surface area (Å²) in [5, 5.41) is 2.53. The molecule has 1 heterocycles. The number of anilines is 1. The number of hydrogen-bond acceptors (Lipinski definition) is 7. The van der Waals surface area contributed by atoms with Gasteiger partial charge >= 0.3 is 11.9 Å². The number of pyridine rings is 1. The Morgan fingerprint density at radius 1 is 1.28 bits per heavy atom. The molecule has 0 saturated carbocycles. The maximum Gasteiger partial charge on any atom is 0.328 e. The molecular formula is C17H23N3O5. The van der Waals surface area contributed by atoms with Gasteiger partial charge in [0.05, 0.1) is 24.6 Å². The van der Waals surface area contributed by atoms with E-state index in [1.165, 1.54) is 18.2 Å². The molecule has 1 aromatic rings. The van der Waals surface area contributed by atoms with E-state index in [9.17, 15) is 14.4 Å². The molecule has 0 fully saturated rings. The lowest BCUT2D eigenvalue weighted by atomic mass is 10.1. The Bertz CT molecular complexity index is 645. The topological polar surface area (TPSA) is 121 Å². The first-order chi connectivity index (χ1) is 11.9. The Balaban J connectivity index is 2.84. The third-order valence-electron chi connectivity index (χ3n) is 3.20. The van der Waals surface area contributed by atoms with Crippen LogP contribution in [0.15, 0.2) is 18.7 Å². The Hall–Kier alpha value is -2.90. The van der Waals surface area contributed by atoms with Crippen LogP contribution in [0.3, 0.4) is 0 Å². The first-order valence-corrected chi connectivity index (χ1v) is 7.94. The highest BCUT2D eigenvalue weighted by atomic mass is 16.5. The van der Waals surface area contributed by atoms with Crippen molar-refractivity contribution in [2.45, 2.75) is 32.7 Å². The van der Waals surface area contributed by atoms with Gasteiger partial charge in [0.25, 0.3) is 5.91 Å². The van der Waals surface area contributed by atoms with Crippen LogP contribution in [-0.2, 0) is 19.1 Å². The zero-order valence-corrected chi connectivity index (χ0v) is 14.4. The molecule has 0 aliphatic rings. The molecule has 1 unspecified atom stereocenters. The smallest absolute Gasteiger partial charge is 0.328 e. The van der Waals surface area contributed by atoms with Gasteiger partial charge in [-0.25, -0.2) is 9.78 Å². The summed E-state index contributed by atoms with van der Waals surface area (Å²) in [6, 6.07) is 1.98. The number of carbonyl (C=O) groups excluding carboxylic acids is 3. The number of nitrogens with zero attached hydrogens (tertiary/aromatic N) is 1. The van der Waals surface area contributed by atoms with Crippen molar-refractivity contribution in [3.05, 3.63) is 30.1 Å². The van der Waals surface area contributed by atoms with E-state index in [1.807, 2.05) is 0 Å². The molecule has 3 N–H and O–H groups in total. The lowest BCUT2D eigenvalue weighted by Gasteiger charge is -2.17. The predicted molar refractivity (Wildman–Crippen MR) is 92.5 cm³/mol. The first-order valence-electron chi connectivity index (χ1n) is 7.94. The van der Waals surface area contributed by atoms with Crippen LogP contribution in [0.4, 0.5) is 5.69 Å². The van der Waals surface area contributed by atoms with Gasteiger partial charge in [-0.15, -0.1) is 0 Å². The van der Waals surface area contributed by atoms with Crippen molar-refractivity contribution in [3.8, 4) is 0 Å². The van der Waals surface area contributed by atoms with Crippen LogP contribution < -0.4 is 11.1 Å². The summed E-state index contributed by atoms with van der Waals surface area (Å²) in [5.41, 5.74) is 6.54. The fraction of sp³-hybridized carbons (Fsp3) is 0.412. The van der Waals surface area contributed by atoms with E-state index in [0.717, 1.165) is 0 Å². The molecule has 0 saturated heterocycles. The quantitative estimate of drug-likeness (QED) is 0.645. The van der Waals surface area contributed by atoms with Crippen molar-refractivity contribution >= 4 is 29.6 Å². The minimum atomic E-state index is -0.983. The van der Waals surface area contributed by atoms with Gasteiger partial charge in [-0.3, -0.25) is 9.59 Å². The molecule has 0 spiro atoms. The summed E-state index contributed by atoms with van der Waals surface area (Å²) in [4.78, 5) is 39.9. The standard InChI is InChI=1S/C17H23N3O5/c1-4-12-11(18)7-8-13(19-12)16(22)20-14(17(23)25-6-3)9-10-15(21)24-5-2/h4,7-8,14H,1,5-6,9-10,18H2,2-3H3,(H,20,22). The number of nitrogens with two attached hydrogens (primary N) is 1. The van der Waals surface area contributed by atoms with Crippen LogP contribution >= 0.6 is 0 Å². The number of carbonyl (C=O) groups is 3. The molecule has 136 valence electrons. The fourth-order valence-corrected chi connectivity index (χ4v) is 1.99. The lowest BCUT2D eigenvalue weighted by molar-refractivity contribution is -0.146. The van der Waals surface area contributed by atoms with Crippen molar-refractivity contribution in [3.63, 3.8) is 0 Å². The summed E-state index contributed by atoms with van der Waals surface area (Å²) >= 11 is 0. The van der Waals surface area contributed by atoms with Gasteiger partial charge in [-0.2, -0.15) is 0 Å².